The van der Waals surface area contributed by atoms with E-state index in [1.54, 1.807) is 18.5 Å². The van der Waals surface area contributed by atoms with Crippen LogP contribution in [0.2, 0.25) is 0 Å². The average molecular weight is 367 g/mol. The van der Waals surface area contributed by atoms with Crippen molar-refractivity contribution in [2.75, 3.05) is 26.2 Å². The third kappa shape index (κ3) is 3.89. The summed E-state index contributed by atoms with van der Waals surface area (Å²) in [5, 5.41) is 0. The maximum atomic E-state index is 12.5. The van der Waals surface area contributed by atoms with Gasteiger partial charge in [-0.15, -0.1) is 0 Å². The van der Waals surface area contributed by atoms with Gasteiger partial charge in [0.1, 0.15) is 6.26 Å². The highest BCUT2D eigenvalue weighted by Gasteiger charge is 2.41. The first-order valence-electron chi connectivity index (χ1n) is 9.63. The molecule has 142 valence electrons. The number of rotatable bonds is 4. The van der Waals surface area contributed by atoms with Gasteiger partial charge in [-0.05, 0) is 54.9 Å². The number of carbonyl (C=O) groups excluding carboxylic acids is 2. The van der Waals surface area contributed by atoms with E-state index in [1.165, 1.54) is 18.1 Å². The molecule has 2 aliphatic heterocycles. The van der Waals surface area contributed by atoms with E-state index >= 15 is 0 Å². The lowest BCUT2D eigenvalue weighted by Crippen LogP contribution is -2.52. The number of furan rings is 1. The molecule has 0 atom stereocenters. The molecule has 2 fully saturated rings. The van der Waals surface area contributed by atoms with E-state index in [2.05, 4.69) is 4.98 Å². The lowest BCUT2D eigenvalue weighted by atomic mass is 9.72. The summed E-state index contributed by atoms with van der Waals surface area (Å²) in [6, 6.07) is 5.72. The van der Waals surface area contributed by atoms with Crippen LogP contribution in [0.4, 0.5) is 0 Å². The van der Waals surface area contributed by atoms with Gasteiger partial charge in [0.25, 0.3) is 5.91 Å². The SMILES string of the molecule is O=C1CCC2(CCN(C(=O)c3ccoc3)CC2)CN1CCc1ccncc1. The Morgan fingerprint density at radius 2 is 1.93 bits per heavy atom. The minimum Gasteiger partial charge on any atom is -0.472 e. The molecule has 1 spiro atoms. The van der Waals surface area contributed by atoms with Crippen LogP contribution in [0.3, 0.4) is 0 Å². The van der Waals surface area contributed by atoms with Crippen LogP contribution in [0.15, 0.2) is 47.5 Å². The largest absolute Gasteiger partial charge is 0.472 e. The number of amides is 2. The lowest BCUT2D eigenvalue weighted by Gasteiger charge is -2.47. The molecule has 6 nitrogen and oxygen atoms in total. The summed E-state index contributed by atoms with van der Waals surface area (Å²) in [7, 11) is 0. The third-order valence-corrected chi connectivity index (χ3v) is 6.05. The van der Waals surface area contributed by atoms with Crippen molar-refractivity contribution >= 4 is 11.8 Å². The lowest BCUT2D eigenvalue weighted by molar-refractivity contribution is -0.138. The number of carbonyl (C=O) groups is 2. The van der Waals surface area contributed by atoms with Gasteiger partial charge in [0.15, 0.2) is 0 Å². The Labute approximate surface area is 159 Å². The van der Waals surface area contributed by atoms with Crippen LogP contribution in [-0.4, -0.2) is 52.8 Å². The van der Waals surface area contributed by atoms with Gasteiger partial charge >= 0.3 is 0 Å². The highest BCUT2D eigenvalue weighted by atomic mass is 16.3. The Morgan fingerprint density at radius 3 is 2.63 bits per heavy atom. The van der Waals surface area contributed by atoms with Crippen molar-refractivity contribution in [3.05, 3.63) is 54.2 Å². The second-order valence-corrected chi connectivity index (χ2v) is 7.72. The first kappa shape index (κ1) is 17.8. The van der Waals surface area contributed by atoms with E-state index in [9.17, 15) is 9.59 Å². The highest BCUT2D eigenvalue weighted by Crippen LogP contribution is 2.40. The zero-order valence-corrected chi connectivity index (χ0v) is 15.5. The first-order valence-corrected chi connectivity index (χ1v) is 9.63. The molecule has 0 radical (unpaired) electrons. The van der Waals surface area contributed by atoms with E-state index in [0.29, 0.717) is 12.0 Å². The van der Waals surface area contributed by atoms with E-state index in [4.69, 9.17) is 4.42 Å². The summed E-state index contributed by atoms with van der Waals surface area (Å²) in [5.74, 6) is 0.298. The second-order valence-electron chi connectivity index (χ2n) is 7.72. The fourth-order valence-electron chi connectivity index (χ4n) is 4.28. The molecule has 4 rings (SSSR count). The van der Waals surface area contributed by atoms with E-state index in [0.717, 1.165) is 51.9 Å². The van der Waals surface area contributed by atoms with Crippen molar-refractivity contribution in [1.82, 2.24) is 14.8 Å². The summed E-state index contributed by atoms with van der Waals surface area (Å²) < 4.78 is 5.03. The molecule has 2 aromatic rings. The summed E-state index contributed by atoms with van der Waals surface area (Å²) in [6.45, 7) is 3.06. The minimum atomic E-state index is 0.0417. The molecule has 0 aromatic carbocycles. The minimum absolute atomic E-state index is 0.0417. The molecule has 2 aromatic heterocycles. The van der Waals surface area contributed by atoms with Gasteiger partial charge in [-0.25, -0.2) is 0 Å². The van der Waals surface area contributed by atoms with Gasteiger partial charge in [0.05, 0.1) is 11.8 Å². The quantitative estimate of drug-likeness (QED) is 0.833. The van der Waals surface area contributed by atoms with E-state index in [-0.39, 0.29) is 17.2 Å². The highest BCUT2D eigenvalue weighted by molar-refractivity contribution is 5.93. The number of hydrogen-bond acceptors (Lipinski definition) is 4. The third-order valence-electron chi connectivity index (χ3n) is 6.05. The predicted octanol–water partition coefficient (Wildman–Crippen LogP) is 2.76. The van der Waals surface area contributed by atoms with Crippen molar-refractivity contribution in [3.63, 3.8) is 0 Å². The van der Waals surface area contributed by atoms with Crippen molar-refractivity contribution in [2.24, 2.45) is 5.41 Å². The molecule has 0 unspecified atom stereocenters. The molecule has 0 aliphatic carbocycles. The second kappa shape index (κ2) is 7.55. The molecule has 0 saturated carbocycles. The predicted molar refractivity (Wildman–Crippen MR) is 100 cm³/mol. The van der Waals surface area contributed by atoms with Gasteiger partial charge in [0.2, 0.25) is 5.91 Å². The number of aromatic nitrogens is 1. The van der Waals surface area contributed by atoms with Crippen LogP contribution >= 0.6 is 0 Å². The summed E-state index contributed by atoms with van der Waals surface area (Å²) in [6.07, 6.45) is 10.9. The zero-order chi connectivity index (χ0) is 18.7. The molecule has 0 N–H and O–H groups in total. The number of likely N-dealkylation sites (tertiary alicyclic amines) is 2. The Balaban J connectivity index is 1.35. The Bertz CT molecular complexity index is 780. The normalized spacial score (nSPS) is 19.5. The molecule has 2 amide bonds. The summed E-state index contributed by atoms with van der Waals surface area (Å²) in [5.41, 5.74) is 1.97. The van der Waals surface area contributed by atoms with Gasteiger partial charge < -0.3 is 14.2 Å². The van der Waals surface area contributed by atoms with Crippen LogP contribution in [-0.2, 0) is 11.2 Å². The van der Waals surface area contributed by atoms with Gasteiger partial charge in [-0.1, -0.05) is 0 Å². The number of pyridine rings is 1. The number of piperidine rings is 2. The molecule has 2 aliphatic rings. The van der Waals surface area contributed by atoms with Crippen molar-refractivity contribution < 1.29 is 14.0 Å². The fourth-order valence-corrected chi connectivity index (χ4v) is 4.28. The van der Waals surface area contributed by atoms with E-state index < -0.39 is 0 Å². The van der Waals surface area contributed by atoms with Crippen molar-refractivity contribution in [1.29, 1.82) is 0 Å². The average Bonchev–Trinajstić information content (AvgIpc) is 3.25. The van der Waals surface area contributed by atoms with Crippen LogP contribution < -0.4 is 0 Å². The van der Waals surface area contributed by atoms with Crippen LogP contribution in [0.5, 0.6) is 0 Å². The van der Waals surface area contributed by atoms with Crippen molar-refractivity contribution in [2.45, 2.75) is 32.1 Å². The zero-order valence-electron chi connectivity index (χ0n) is 15.5. The molecule has 27 heavy (non-hydrogen) atoms. The standard InChI is InChI=1S/C21H25N3O3/c25-19-1-6-21(16-24(19)11-4-17-2-9-22-10-3-17)7-12-23(13-8-21)20(26)18-5-14-27-15-18/h2-3,5,9-10,14-15H,1,4,6-8,11-13,16H2. The molecule has 4 heterocycles. The van der Waals surface area contributed by atoms with Crippen molar-refractivity contribution in [3.8, 4) is 0 Å². The molecular weight excluding hydrogens is 342 g/mol. The Morgan fingerprint density at radius 1 is 1.15 bits per heavy atom. The van der Waals surface area contributed by atoms with E-state index in [1.807, 2.05) is 21.9 Å². The number of hydrogen-bond donors (Lipinski definition) is 0. The maximum absolute atomic E-state index is 12.5. The van der Waals surface area contributed by atoms with Gasteiger partial charge in [-0.2, -0.15) is 0 Å². The molecule has 2 saturated heterocycles. The van der Waals surface area contributed by atoms with Gasteiger partial charge in [-0.3, -0.25) is 14.6 Å². The topological polar surface area (TPSA) is 66.7 Å². The molecule has 6 heteroatoms. The summed E-state index contributed by atoms with van der Waals surface area (Å²) >= 11 is 0. The van der Waals surface area contributed by atoms with Crippen LogP contribution in [0, 0.1) is 5.41 Å². The smallest absolute Gasteiger partial charge is 0.257 e. The Hall–Kier alpha value is -2.63. The van der Waals surface area contributed by atoms with Crippen LogP contribution in [0.25, 0.3) is 0 Å². The summed E-state index contributed by atoms with van der Waals surface area (Å²) in [4.78, 5) is 32.9. The fraction of sp³-hybridized carbons (Fsp3) is 0.476. The molecule has 0 bridgehead atoms. The first-order chi connectivity index (χ1) is 13.2. The van der Waals surface area contributed by atoms with Crippen LogP contribution in [0.1, 0.15) is 41.6 Å². The van der Waals surface area contributed by atoms with Gasteiger partial charge in [0, 0.05) is 45.0 Å². The Kier molecular flexibility index (Phi) is 4.97. The molecular formula is C21H25N3O3. The number of nitrogens with zero attached hydrogens (tertiary/aromatic N) is 3. The maximum Gasteiger partial charge on any atom is 0.257 e. The monoisotopic (exact) mass is 367 g/mol.